The second-order valence-electron chi connectivity index (χ2n) is 3.19. The van der Waals surface area contributed by atoms with Crippen LogP contribution in [0, 0.1) is 5.92 Å². The number of carboxylic acid groups (broad SMARTS) is 1. The van der Waals surface area contributed by atoms with Gasteiger partial charge >= 0.3 is 5.97 Å². The zero-order chi connectivity index (χ0) is 11.1. The van der Waals surface area contributed by atoms with E-state index in [0.29, 0.717) is 12.8 Å². The van der Waals surface area contributed by atoms with Crippen LogP contribution in [0.2, 0.25) is 0 Å². The SMILES string of the molecule is CCC(CCO)NC(=O)C(C)C(=O)O. The number of aliphatic carboxylic acids is 1. The molecule has 0 saturated heterocycles. The lowest BCUT2D eigenvalue weighted by Crippen LogP contribution is -2.40. The van der Waals surface area contributed by atoms with Crippen molar-refractivity contribution in [3.8, 4) is 0 Å². The zero-order valence-electron chi connectivity index (χ0n) is 8.49. The Kier molecular flexibility index (Phi) is 5.87. The highest BCUT2D eigenvalue weighted by molar-refractivity contribution is 5.96. The van der Waals surface area contributed by atoms with E-state index in [1.807, 2.05) is 6.92 Å². The van der Waals surface area contributed by atoms with Crippen LogP contribution >= 0.6 is 0 Å². The molecule has 82 valence electrons. The molecule has 0 aromatic heterocycles. The number of carbonyl (C=O) groups is 2. The maximum absolute atomic E-state index is 11.3. The van der Waals surface area contributed by atoms with Crippen molar-refractivity contribution in [2.24, 2.45) is 5.92 Å². The van der Waals surface area contributed by atoms with E-state index >= 15 is 0 Å². The molecule has 2 atom stereocenters. The lowest BCUT2D eigenvalue weighted by Gasteiger charge is -2.17. The second kappa shape index (κ2) is 6.37. The van der Waals surface area contributed by atoms with E-state index in [1.54, 1.807) is 0 Å². The Hall–Kier alpha value is -1.10. The minimum absolute atomic E-state index is 0.0137. The van der Waals surface area contributed by atoms with Crippen LogP contribution < -0.4 is 5.32 Å². The topological polar surface area (TPSA) is 86.6 Å². The molecular weight excluding hydrogens is 186 g/mol. The summed E-state index contributed by atoms with van der Waals surface area (Å²) in [7, 11) is 0. The summed E-state index contributed by atoms with van der Waals surface area (Å²) in [6.45, 7) is 3.19. The maximum atomic E-state index is 11.3. The Morgan fingerprint density at radius 1 is 1.43 bits per heavy atom. The van der Waals surface area contributed by atoms with Crippen molar-refractivity contribution in [1.82, 2.24) is 5.32 Å². The van der Waals surface area contributed by atoms with Crippen molar-refractivity contribution < 1.29 is 19.8 Å². The number of rotatable bonds is 6. The minimum Gasteiger partial charge on any atom is -0.481 e. The highest BCUT2D eigenvalue weighted by Crippen LogP contribution is 2.00. The summed E-state index contributed by atoms with van der Waals surface area (Å²) >= 11 is 0. The quantitative estimate of drug-likeness (QED) is 0.530. The van der Waals surface area contributed by atoms with E-state index < -0.39 is 17.8 Å². The van der Waals surface area contributed by atoms with Crippen molar-refractivity contribution in [3.63, 3.8) is 0 Å². The molecule has 0 aromatic carbocycles. The number of aliphatic hydroxyl groups is 1. The van der Waals surface area contributed by atoms with E-state index in [9.17, 15) is 9.59 Å². The molecule has 14 heavy (non-hydrogen) atoms. The zero-order valence-corrected chi connectivity index (χ0v) is 8.49. The van der Waals surface area contributed by atoms with Gasteiger partial charge in [-0.05, 0) is 19.8 Å². The Labute approximate surface area is 83.1 Å². The second-order valence-corrected chi connectivity index (χ2v) is 3.19. The number of carboxylic acids is 1. The third-order valence-corrected chi connectivity index (χ3v) is 2.08. The number of hydrogen-bond acceptors (Lipinski definition) is 3. The molecule has 0 aliphatic heterocycles. The van der Waals surface area contributed by atoms with Crippen LogP contribution in [0.15, 0.2) is 0 Å². The molecule has 0 aromatic rings. The van der Waals surface area contributed by atoms with Gasteiger partial charge in [-0.1, -0.05) is 6.92 Å². The van der Waals surface area contributed by atoms with Crippen LogP contribution in [0.5, 0.6) is 0 Å². The summed E-state index contributed by atoms with van der Waals surface area (Å²) in [4.78, 5) is 21.7. The van der Waals surface area contributed by atoms with Gasteiger partial charge in [-0.3, -0.25) is 9.59 Å². The first kappa shape index (κ1) is 12.9. The molecule has 0 aliphatic rings. The Morgan fingerprint density at radius 2 is 2.00 bits per heavy atom. The molecule has 0 heterocycles. The summed E-state index contributed by atoms with van der Waals surface area (Å²) in [5.74, 6) is -2.68. The third-order valence-electron chi connectivity index (χ3n) is 2.08. The van der Waals surface area contributed by atoms with Gasteiger partial charge in [0.15, 0.2) is 0 Å². The molecule has 0 spiro atoms. The van der Waals surface area contributed by atoms with E-state index in [4.69, 9.17) is 10.2 Å². The predicted molar refractivity (Wildman–Crippen MR) is 50.7 cm³/mol. The lowest BCUT2D eigenvalue weighted by atomic mass is 10.1. The highest BCUT2D eigenvalue weighted by Gasteiger charge is 2.22. The molecule has 5 heteroatoms. The number of nitrogens with one attached hydrogen (secondary N) is 1. The van der Waals surface area contributed by atoms with Gasteiger partial charge < -0.3 is 15.5 Å². The normalized spacial score (nSPS) is 14.5. The van der Waals surface area contributed by atoms with Gasteiger partial charge in [0.05, 0.1) is 0 Å². The van der Waals surface area contributed by atoms with Gasteiger partial charge in [-0.2, -0.15) is 0 Å². The number of aliphatic hydroxyl groups excluding tert-OH is 1. The molecular formula is C9H17NO4. The van der Waals surface area contributed by atoms with Gasteiger partial charge in [-0.15, -0.1) is 0 Å². The molecule has 5 nitrogen and oxygen atoms in total. The fourth-order valence-electron chi connectivity index (χ4n) is 0.973. The minimum atomic E-state index is -1.14. The van der Waals surface area contributed by atoms with Gasteiger partial charge in [0, 0.05) is 12.6 Å². The lowest BCUT2D eigenvalue weighted by molar-refractivity contribution is -0.146. The molecule has 0 aliphatic carbocycles. The molecule has 0 bridgehead atoms. The van der Waals surface area contributed by atoms with Crippen molar-refractivity contribution in [2.45, 2.75) is 32.7 Å². The van der Waals surface area contributed by atoms with Crippen LogP contribution in [0.3, 0.4) is 0 Å². The summed E-state index contributed by atoms with van der Waals surface area (Å²) in [6.07, 6.45) is 1.13. The summed E-state index contributed by atoms with van der Waals surface area (Å²) in [5, 5.41) is 19.8. The fourth-order valence-corrected chi connectivity index (χ4v) is 0.973. The molecule has 0 rings (SSSR count). The Bertz CT molecular complexity index is 205. The van der Waals surface area contributed by atoms with E-state index in [1.165, 1.54) is 6.92 Å². The van der Waals surface area contributed by atoms with Gasteiger partial charge in [-0.25, -0.2) is 0 Å². The molecule has 2 unspecified atom stereocenters. The average Bonchev–Trinajstić information content (AvgIpc) is 2.15. The van der Waals surface area contributed by atoms with Crippen molar-refractivity contribution in [3.05, 3.63) is 0 Å². The van der Waals surface area contributed by atoms with Gasteiger partial charge in [0.2, 0.25) is 5.91 Å². The summed E-state index contributed by atoms with van der Waals surface area (Å²) < 4.78 is 0. The first-order chi connectivity index (χ1) is 6.52. The first-order valence-electron chi connectivity index (χ1n) is 4.67. The van der Waals surface area contributed by atoms with E-state index in [0.717, 1.165) is 0 Å². The molecule has 0 saturated carbocycles. The van der Waals surface area contributed by atoms with Crippen molar-refractivity contribution in [1.29, 1.82) is 0 Å². The number of amides is 1. The fraction of sp³-hybridized carbons (Fsp3) is 0.778. The third kappa shape index (κ3) is 4.23. The number of carbonyl (C=O) groups excluding carboxylic acids is 1. The predicted octanol–water partition coefficient (Wildman–Crippen LogP) is -0.0157. The van der Waals surface area contributed by atoms with Crippen LogP contribution in [0.1, 0.15) is 26.7 Å². The van der Waals surface area contributed by atoms with Crippen LogP contribution in [-0.4, -0.2) is 34.7 Å². The van der Waals surface area contributed by atoms with Crippen molar-refractivity contribution >= 4 is 11.9 Å². The molecule has 3 N–H and O–H groups in total. The standard InChI is InChI=1S/C9H17NO4/c1-3-7(4-5-11)10-8(12)6(2)9(13)14/h6-7,11H,3-5H2,1-2H3,(H,10,12)(H,13,14). The first-order valence-corrected chi connectivity index (χ1v) is 4.67. The number of hydrogen-bond donors (Lipinski definition) is 3. The van der Waals surface area contributed by atoms with Crippen molar-refractivity contribution in [2.75, 3.05) is 6.61 Å². The smallest absolute Gasteiger partial charge is 0.315 e. The maximum Gasteiger partial charge on any atom is 0.315 e. The van der Waals surface area contributed by atoms with E-state index in [2.05, 4.69) is 5.32 Å². The largest absolute Gasteiger partial charge is 0.481 e. The molecule has 0 radical (unpaired) electrons. The highest BCUT2D eigenvalue weighted by atomic mass is 16.4. The van der Waals surface area contributed by atoms with Crippen LogP contribution in [-0.2, 0) is 9.59 Å². The Morgan fingerprint density at radius 3 is 2.36 bits per heavy atom. The molecule has 1 amide bonds. The molecule has 0 fully saturated rings. The van der Waals surface area contributed by atoms with Crippen LogP contribution in [0.4, 0.5) is 0 Å². The Balaban J connectivity index is 4.08. The monoisotopic (exact) mass is 203 g/mol. The van der Waals surface area contributed by atoms with Gasteiger partial charge in [0.1, 0.15) is 5.92 Å². The van der Waals surface area contributed by atoms with E-state index in [-0.39, 0.29) is 12.6 Å². The van der Waals surface area contributed by atoms with Gasteiger partial charge in [0.25, 0.3) is 0 Å². The van der Waals surface area contributed by atoms with Crippen LogP contribution in [0.25, 0.3) is 0 Å². The summed E-state index contributed by atoms with van der Waals surface area (Å²) in [6, 6.07) is -0.144. The average molecular weight is 203 g/mol. The summed E-state index contributed by atoms with van der Waals surface area (Å²) in [5.41, 5.74) is 0.